The van der Waals surface area contributed by atoms with E-state index in [1.807, 2.05) is 0 Å². The molecule has 12 nitrogen and oxygen atoms in total. The van der Waals surface area contributed by atoms with Gasteiger partial charge in [-0.1, -0.05) is 122 Å². The minimum absolute atomic E-state index is 0.184. The molecule has 0 radical (unpaired) electrons. The molecule has 0 saturated carbocycles. The molecule has 15 heteroatoms. The van der Waals surface area contributed by atoms with E-state index in [1.165, 1.54) is 13.7 Å². The predicted molar refractivity (Wildman–Crippen MR) is 255 cm³/mol. The molecule has 1 rings (SSSR count). The zero-order valence-electron chi connectivity index (χ0n) is 40.8. The van der Waals surface area contributed by atoms with Crippen LogP contribution in [-0.2, 0) is 46.2 Å². The zero-order chi connectivity index (χ0) is 45.0. The number of hydrogen-bond donors (Lipinski definition) is 0. The van der Waals surface area contributed by atoms with Gasteiger partial charge in [-0.05, 0) is 92.5 Å². The number of rotatable bonds is 39. The second kappa shape index (κ2) is 31.6. The van der Waals surface area contributed by atoms with Crippen LogP contribution in [0.15, 0.2) is 14.4 Å². The van der Waals surface area contributed by atoms with Crippen molar-refractivity contribution in [2.75, 3.05) is 39.6 Å². The highest BCUT2D eigenvalue weighted by Gasteiger charge is 2.43. The summed E-state index contributed by atoms with van der Waals surface area (Å²) >= 11 is 0. The first kappa shape index (κ1) is 56.8. The van der Waals surface area contributed by atoms with E-state index in [0.29, 0.717) is 77.0 Å². The van der Waals surface area contributed by atoms with Crippen molar-refractivity contribution in [1.29, 1.82) is 0 Å². The van der Waals surface area contributed by atoms with Crippen LogP contribution in [0.2, 0.25) is 34.8 Å². The lowest BCUT2D eigenvalue weighted by Crippen LogP contribution is -2.55. The maximum Gasteiger partial charge on any atom is 0.340 e. The number of unbranched alkanes of at least 4 members (excludes halogenated alkanes) is 6. The van der Waals surface area contributed by atoms with E-state index in [-0.39, 0.29) is 36.3 Å². The second-order valence-corrected chi connectivity index (χ2v) is 29.3. The van der Waals surface area contributed by atoms with Gasteiger partial charge >= 0.3 is 42.8 Å². The Bertz CT molecular complexity index is 1210. The van der Waals surface area contributed by atoms with Crippen LogP contribution in [0.25, 0.3) is 0 Å². The van der Waals surface area contributed by atoms with Crippen molar-refractivity contribution in [2.24, 2.45) is 0 Å². The van der Waals surface area contributed by atoms with Crippen LogP contribution in [0.1, 0.15) is 179 Å². The van der Waals surface area contributed by atoms with Crippen molar-refractivity contribution in [2.45, 2.75) is 234 Å². The molecule has 1 heterocycles. The molecule has 60 heavy (non-hydrogen) atoms. The van der Waals surface area contributed by atoms with Gasteiger partial charge in [0.25, 0.3) is 0 Å². The molecule has 0 aromatic carbocycles. The number of aromatic nitrogens is 3. The molecule has 354 valence electrons. The summed E-state index contributed by atoms with van der Waals surface area (Å²) in [5.74, 6) is 0. The lowest BCUT2D eigenvalue weighted by atomic mass is 10.4. The van der Waals surface area contributed by atoms with Gasteiger partial charge < -0.3 is 26.6 Å². The maximum atomic E-state index is 14.4. The average molecular weight is 905 g/mol. The maximum absolute atomic E-state index is 14.4. The Hall–Kier alpha value is -1.18. The van der Waals surface area contributed by atoms with E-state index in [1.54, 1.807) is 0 Å². The van der Waals surface area contributed by atoms with Crippen molar-refractivity contribution in [3.63, 3.8) is 0 Å². The zero-order valence-corrected chi connectivity index (χ0v) is 43.8. The summed E-state index contributed by atoms with van der Waals surface area (Å²) in [6.07, 6.45) is 13.5. The Labute approximate surface area is 369 Å². The molecule has 0 aliphatic carbocycles. The molecule has 0 aliphatic heterocycles. The molecular formula is C45H93N3O9Si3. The molecule has 0 saturated heterocycles. The summed E-state index contributed by atoms with van der Waals surface area (Å²) in [5, 5.41) is 0. The molecule has 0 spiro atoms. The van der Waals surface area contributed by atoms with Gasteiger partial charge in [-0.2, -0.15) is 0 Å². The van der Waals surface area contributed by atoms with Crippen LogP contribution >= 0.6 is 0 Å². The van der Waals surface area contributed by atoms with Crippen LogP contribution in [0.4, 0.5) is 0 Å². The van der Waals surface area contributed by atoms with Crippen LogP contribution in [0.5, 0.6) is 0 Å². The first-order valence-corrected chi connectivity index (χ1v) is 30.8. The molecule has 0 unspecified atom stereocenters. The van der Waals surface area contributed by atoms with Gasteiger partial charge in [-0.15, -0.1) is 0 Å². The number of hydrogen-bond acceptors (Lipinski definition) is 9. The molecule has 0 bridgehead atoms. The van der Waals surface area contributed by atoms with Gasteiger partial charge in [-0.3, -0.25) is 0 Å². The normalized spacial score (nSPS) is 12.8. The fraction of sp³-hybridized carbons (Fsp3) is 0.933. The Morgan fingerprint density at radius 1 is 0.350 bits per heavy atom. The SMILES string of the molecule is CCCCO[Si](CCCn1c(=O)n(CCC[Si](OCCCC)(OCCCC)C(C)C)c(=O)n(CCC[Si](OCCCC)(OCCCC)C(C)C)c1=O)(OCCCC)C(C)C. The molecule has 0 atom stereocenters. The Kier molecular flexibility index (Phi) is 30.0. The molecule has 0 amide bonds. The van der Waals surface area contributed by atoms with Gasteiger partial charge in [0.2, 0.25) is 0 Å². The quantitative estimate of drug-likeness (QED) is 0.0469. The Morgan fingerprint density at radius 2 is 0.533 bits per heavy atom. The summed E-state index contributed by atoms with van der Waals surface area (Å²) in [6, 6.07) is 1.97. The molecule has 0 fully saturated rings. The van der Waals surface area contributed by atoms with E-state index in [4.69, 9.17) is 26.6 Å². The smallest absolute Gasteiger partial charge is 0.340 e. The van der Waals surface area contributed by atoms with Crippen molar-refractivity contribution >= 4 is 25.7 Å². The monoisotopic (exact) mass is 904 g/mol. The van der Waals surface area contributed by atoms with Gasteiger partial charge in [0.1, 0.15) is 0 Å². The molecule has 0 N–H and O–H groups in total. The van der Waals surface area contributed by atoms with E-state index < -0.39 is 42.8 Å². The predicted octanol–water partition coefficient (Wildman–Crippen LogP) is 10.8. The van der Waals surface area contributed by atoms with Crippen molar-refractivity contribution in [3.8, 4) is 0 Å². The first-order valence-electron chi connectivity index (χ1n) is 24.5. The lowest BCUT2D eigenvalue weighted by molar-refractivity contribution is 0.154. The lowest BCUT2D eigenvalue weighted by Gasteiger charge is -2.35. The molecule has 1 aromatic rings. The van der Waals surface area contributed by atoms with E-state index in [2.05, 4.69) is 83.1 Å². The Balaban J connectivity index is 3.71. The molecule has 1 aromatic heterocycles. The van der Waals surface area contributed by atoms with Crippen molar-refractivity contribution < 1.29 is 26.6 Å². The van der Waals surface area contributed by atoms with Gasteiger partial charge in [-0.25, -0.2) is 28.1 Å². The minimum atomic E-state index is -2.68. The summed E-state index contributed by atoms with van der Waals surface area (Å²) in [7, 11) is -8.03. The topological polar surface area (TPSA) is 121 Å². The van der Waals surface area contributed by atoms with Crippen LogP contribution in [0.3, 0.4) is 0 Å². The third kappa shape index (κ3) is 18.5. The van der Waals surface area contributed by atoms with E-state index in [9.17, 15) is 14.4 Å². The summed E-state index contributed by atoms with van der Waals surface area (Å²) in [6.45, 7) is 30.3. The third-order valence-electron chi connectivity index (χ3n) is 11.8. The molecule has 0 aliphatic rings. The van der Waals surface area contributed by atoms with E-state index in [0.717, 1.165) is 77.0 Å². The van der Waals surface area contributed by atoms with E-state index >= 15 is 0 Å². The molecular weight excluding hydrogens is 811 g/mol. The second-order valence-electron chi connectivity index (χ2n) is 17.7. The number of nitrogens with zero attached hydrogens (tertiary/aromatic N) is 3. The Morgan fingerprint density at radius 3 is 0.683 bits per heavy atom. The van der Waals surface area contributed by atoms with Gasteiger partial charge in [0, 0.05) is 59.3 Å². The minimum Gasteiger partial charge on any atom is -0.394 e. The van der Waals surface area contributed by atoms with Crippen LogP contribution in [-0.4, -0.2) is 79.0 Å². The van der Waals surface area contributed by atoms with Gasteiger partial charge in [0.05, 0.1) is 0 Å². The fourth-order valence-corrected chi connectivity index (χ4v) is 17.2. The van der Waals surface area contributed by atoms with Crippen molar-refractivity contribution in [1.82, 2.24) is 13.7 Å². The largest absolute Gasteiger partial charge is 0.394 e. The highest BCUT2D eigenvalue weighted by molar-refractivity contribution is 6.69. The summed E-state index contributed by atoms with van der Waals surface area (Å²) in [5.41, 5.74) is -1.06. The summed E-state index contributed by atoms with van der Waals surface area (Å²) in [4.78, 5) is 43.1. The summed E-state index contributed by atoms with van der Waals surface area (Å²) < 4.78 is 43.7. The van der Waals surface area contributed by atoms with Gasteiger partial charge in [0.15, 0.2) is 0 Å². The van der Waals surface area contributed by atoms with Crippen LogP contribution in [0, 0.1) is 0 Å². The van der Waals surface area contributed by atoms with Crippen LogP contribution < -0.4 is 17.1 Å². The average Bonchev–Trinajstić information content (AvgIpc) is 3.21. The fourth-order valence-electron chi connectivity index (χ4n) is 7.47. The third-order valence-corrected chi connectivity index (χ3v) is 24.4. The highest BCUT2D eigenvalue weighted by atomic mass is 28.4. The van der Waals surface area contributed by atoms with Crippen molar-refractivity contribution in [3.05, 3.63) is 31.5 Å². The highest BCUT2D eigenvalue weighted by Crippen LogP contribution is 2.32. The standard InChI is InChI=1S/C45H93N3O9Si3/c1-13-19-31-52-58(40(7)8,53-32-20-14-2)37-25-28-46-43(49)47(29-26-38-59(41(9)10,54-33-21-15-3)55-34-22-16-4)45(51)48(44(46)50)30-27-39-60(42(11)12,56-35-23-17-5)57-36-24-18-6/h40-42H,13-39H2,1-12H3. The first-order chi connectivity index (χ1) is 28.7.